The number of allylic oxidation sites excluding steroid dienone is 4. The van der Waals surface area contributed by atoms with Gasteiger partial charge in [-0.3, -0.25) is 0 Å². The molecule has 25 heavy (non-hydrogen) atoms. The van der Waals surface area contributed by atoms with Crippen LogP contribution in [0.5, 0.6) is 0 Å². The monoisotopic (exact) mass is 348 g/mol. The minimum Gasteiger partial charge on any atom is -0.393 e. The van der Waals surface area contributed by atoms with E-state index in [1.165, 1.54) is 24.0 Å². The van der Waals surface area contributed by atoms with E-state index in [1.54, 1.807) is 0 Å². The molecule has 0 fully saturated rings. The van der Waals surface area contributed by atoms with Crippen LogP contribution >= 0.6 is 0 Å². The average Bonchev–Trinajstić information content (AvgIpc) is 2.79. The molecule has 1 N–H and O–H groups in total. The smallest absolute Gasteiger partial charge is 0.123 e. The van der Waals surface area contributed by atoms with E-state index >= 15 is 0 Å². The Labute approximate surface area is 155 Å². The van der Waals surface area contributed by atoms with Crippen LogP contribution < -0.4 is 0 Å². The van der Waals surface area contributed by atoms with Gasteiger partial charge in [0.15, 0.2) is 0 Å². The minimum absolute atomic E-state index is 0.163. The third-order valence-corrected chi connectivity index (χ3v) is 6.81. The fraction of sp³-hybridized carbons (Fsp3) is 0.783. The maximum atomic E-state index is 10.4. The van der Waals surface area contributed by atoms with Crippen molar-refractivity contribution in [1.82, 2.24) is 0 Å². The summed E-state index contributed by atoms with van der Waals surface area (Å²) in [6, 6.07) is 0. The van der Waals surface area contributed by atoms with Gasteiger partial charge < -0.3 is 9.90 Å². The molecule has 0 aromatic carbocycles. The molecule has 0 aromatic rings. The molecule has 2 aliphatic rings. The van der Waals surface area contributed by atoms with Crippen LogP contribution in [0.15, 0.2) is 23.3 Å². The highest BCUT2D eigenvalue weighted by molar-refractivity contribution is 5.55. The van der Waals surface area contributed by atoms with Crippen LogP contribution in [0.1, 0.15) is 80.6 Å². The van der Waals surface area contributed by atoms with E-state index in [0.717, 1.165) is 31.5 Å². The van der Waals surface area contributed by atoms with Gasteiger partial charge in [-0.1, -0.05) is 51.0 Å². The van der Waals surface area contributed by atoms with Crippen LogP contribution in [0, 0.1) is 29.1 Å². The largest absolute Gasteiger partial charge is 0.393 e. The van der Waals surface area contributed by atoms with Gasteiger partial charge >= 0.3 is 0 Å². The Morgan fingerprint density at radius 2 is 1.96 bits per heavy atom. The number of carbonyl (C=O) groups excluding carboxylic acids is 1. The van der Waals surface area contributed by atoms with Gasteiger partial charge in [0.2, 0.25) is 0 Å². The highest BCUT2D eigenvalue weighted by atomic mass is 16.3. The van der Waals surface area contributed by atoms with Gasteiger partial charge in [0.05, 0.1) is 6.10 Å². The first kappa shape index (κ1) is 22.2. The summed E-state index contributed by atoms with van der Waals surface area (Å²) in [4.78, 5) is 10.4. The lowest BCUT2D eigenvalue weighted by Crippen LogP contribution is -2.22. The van der Waals surface area contributed by atoms with Gasteiger partial charge in [-0.25, -0.2) is 0 Å². The Kier molecular flexibility index (Phi) is 8.60. The second-order valence-electron chi connectivity index (χ2n) is 9.05. The van der Waals surface area contributed by atoms with Crippen molar-refractivity contribution in [2.45, 2.75) is 86.7 Å². The Morgan fingerprint density at radius 3 is 2.40 bits per heavy atom. The lowest BCUT2D eigenvalue weighted by atomic mass is 9.74. The molecule has 0 saturated heterocycles. The van der Waals surface area contributed by atoms with Crippen molar-refractivity contribution in [2.24, 2.45) is 29.1 Å². The van der Waals surface area contributed by atoms with E-state index in [9.17, 15) is 9.90 Å². The molecule has 2 nitrogen and oxygen atoms in total. The molecule has 0 saturated carbocycles. The van der Waals surface area contributed by atoms with Crippen LogP contribution in [-0.4, -0.2) is 17.5 Å². The molecule has 0 aromatic heterocycles. The second kappa shape index (κ2) is 9.71. The standard InChI is InChI=1S/C14H26O.C9H14O/c1-10(12(3)15)6-8-13-9-7-11(2)14(13,4)5;1-7-3-4-9(6-10)8(2)5-7/h7,10,12-13,15H,6,8-9H2,1-5H3;5-6,8-9H,3-4H2,1-2H3. The molecule has 0 amide bonds. The zero-order valence-electron chi connectivity index (χ0n) is 17.5. The van der Waals surface area contributed by atoms with Gasteiger partial charge in [0.25, 0.3) is 0 Å². The summed E-state index contributed by atoms with van der Waals surface area (Å²) < 4.78 is 0. The highest BCUT2D eigenvalue weighted by Crippen LogP contribution is 2.45. The third kappa shape index (κ3) is 6.40. The zero-order chi connectivity index (χ0) is 19.2. The minimum atomic E-state index is -0.163. The number of aldehydes is 1. The first-order chi connectivity index (χ1) is 11.6. The molecule has 2 aliphatic carbocycles. The van der Waals surface area contributed by atoms with Gasteiger partial charge in [-0.15, -0.1) is 0 Å². The lowest BCUT2D eigenvalue weighted by molar-refractivity contribution is -0.112. The van der Waals surface area contributed by atoms with E-state index in [2.05, 4.69) is 53.7 Å². The molecule has 5 atom stereocenters. The first-order valence-corrected chi connectivity index (χ1v) is 10.1. The summed E-state index contributed by atoms with van der Waals surface area (Å²) in [5.74, 6) is 1.95. The Bertz CT molecular complexity index is 484. The predicted octanol–water partition coefficient (Wildman–Crippen LogP) is 5.95. The topological polar surface area (TPSA) is 37.3 Å². The van der Waals surface area contributed by atoms with Crippen molar-refractivity contribution in [3.63, 3.8) is 0 Å². The Balaban J connectivity index is 0.000000271. The van der Waals surface area contributed by atoms with Crippen molar-refractivity contribution >= 4 is 6.29 Å². The van der Waals surface area contributed by atoms with Crippen LogP contribution in [0.25, 0.3) is 0 Å². The Hall–Kier alpha value is -0.890. The van der Waals surface area contributed by atoms with Crippen molar-refractivity contribution < 1.29 is 9.90 Å². The summed E-state index contributed by atoms with van der Waals surface area (Å²) in [5, 5.41) is 9.46. The van der Waals surface area contributed by atoms with E-state index in [1.807, 2.05) is 6.92 Å². The van der Waals surface area contributed by atoms with Crippen molar-refractivity contribution in [1.29, 1.82) is 0 Å². The van der Waals surface area contributed by atoms with Gasteiger partial charge in [0.1, 0.15) is 6.29 Å². The van der Waals surface area contributed by atoms with E-state index in [0.29, 0.717) is 17.3 Å². The van der Waals surface area contributed by atoms with Crippen LogP contribution in [0.3, 0.4) is 0 Å². The quantitative estimate of drug-likeness (QED) is 0.492. The normalized spacial score (nSPS) is 30.5. The second-order valence-corrected chi connectivity index (χ2v) is 9.05. The number of carbonyl (C=O) groups is 1. The van der Waals surface area contributed by atoms with E-state index < -0.39 is 0 Å². The molecule has 144 valence electrons. The lowest BCUT2D eigenvalue weighted by Gasteiger charge is -2.30. The van der Waals surface area contributed by atoms with Crippen molar-refractivity contribution in [3.8, 4) is 0 Å². The molecule has 0 aliphatic heterocycles. The van der Waals surface area contributed by atoms with E-state index in [-0.39, 0.29) is 12.0 Å². The number of hydrogen-bond acceptors (Lipinski definition) is 2. The molecular weight excluding hydrogens is 308 g/mol. The SMILES string of the molecule is CC1=CC(C)C(C=O)CC1.CC1=CCC(CCC(C)C(C)O)C1(C)C. The van der Waals surface area contributed by atoms with Crippen LogP contribution in [0.4, 0.5) is 0 Å². The summed E-state index contributed by atoms with van der Waals surface area (Å²) in [7, 11) is 0. The number of aliphatic hydroxyl groups is 1. The first-order valence-electron chi connectivity index (χ1n) is 10.1. The van der Waals surface area contributed by atoms with Crippen molar-refractivity contribution in [3.05, 3.63) is 23.3 Å². The molecule has 2 heteroatoms. The predicted molar refractivity (Wildman–Crippen MR) is 107 cm³/mol. The molecule has 0 bridgehead atoms. The maximum Gasteiger partial charge on any atom is 0.123 e. The van der Waals surface area contributed by atoms with E-state index in [4.69, 9.17) is 0 Å². The molecular formula is C23H40O2. The maximum absolute atomic E-state index is 10.4. The number of aliphatic hydroxyl groups excluding tert-OH is 1. The summed E-state index contributed by atoms with van der Waals surface area (Å²) in [6.45, 7) is 15.2. The highest BCUT2D eigenvalue weighted by Gasteiger charge is 2.34. The third-order valence-electron chi connectivity index (χ3n) is 6.81. The Morgan fingerprint density at radius 1 is 1.32 bits per heavy atom. The number of hydrogen-bond donors (Lipinski definition) is 1. The fourth-order valence-electron chi connectivity index (χ4n) is 3.89. The molecule has 2 rings (SSSR count). The summed E-state index contributed by atoms with van der Waals surface area (Å²) in [5.41, 5.74) is 3.35. The van der Waals surface area contributed by atoms with Crippen LogP contribution in [0.2, 0.25) is 0 Å². The van der Waals surface area contributed by atoms with Gasteiger partial charge in [0, 0.05) is 5.92 Å². The molecule has 0 heterocycles. The summed E-state index contributed by atoms with van der Waals surface area (Å²) in [6.07, 6.45) is 11.3. The molecule has 0 radical (unpaired) electrons. The summed E-state index contributed by atoms with van der Waals surface area (Å²) >= 11 is 0. The van der Waals surface area contributed by atoms with Crippen molar-refractivity contribution in [2.75, 3.05) is 0 Å². The molecule has 5 unspecified atom stereocenters. The van der Waals surface area contributed by atoms with Crippen LogP contribution in [-0.2, 0) is 4.79 Å². The number of rotatable bonds is 5. The molecule has 0 spiro atoms. The van der Waals surface area contributed by atoms with Gasteiger partial charge in [-0.05, 0) is 76.0 Å². The fourth-order valence-corrected chi connectivity index (χ4v) is 3.89. The average molecular weight is 349 g/mol. The van der Waals surface area contributed by atoms with Gasteiger partial charge in [-0.2, -0.15) is 0 Å². The zero-order valence-corrected chi connectivity index (χ0v) is 17.5.